The summed E-state index contributed by atoms with van der Waals surface area (Å²) in [5.41, 5.74) is 1.99. The average molecular weight is 523 g/mol. The number of carbonyl (C=O) groups is 1. The van der Waals surface area contributed by atoms with Crippen molar-refractivity contribution in [2.75, 3.05) is 6.61 Å². The Kier molecular flexibility index (Phi) is 5.95. The van der Waals surface area contributed by atoms with Crippen LogP contribution in [0.5, 0.6) is 11.5 Å². The fourth-order valence-electron chi connectivity index (χ4n) is 4.73. The summed E-state index contributed by atoms with van der Waals surface area (Å²) in [4.78, 5) is 38.0. The predicted molar refractivity (Wildman–Crippen MR) is 144 cm³/mol. The molecule has 5 aromatic rings. The third kappa shape index (κ3) is 4.66. The number of hydrazone groups is 1. The van der Waals surface area contributed by atoms with Gasteiger partial charge in [0, 0.05) is 29.3 Å². The summed E-state index contributed by atoms with van der Waals surface area (Å²) >= 11 is 0. The molecule has 0 bridgehead atoms. The highest BCUT2D eigenvalue weighted by molar-refractivity contribution is 6.04. The number of aryl methyl sites for hydroxylation is 1. The first-order valence-electron chi connectivity index (χ1n) is 12.2. The van der Waals surface area contributed by atoms with E-state index in [1.807, 2.05) is 19.1 Å². The molecule has 0 saturated heterocycles. The zero-order valence-corrected chi connectivity index (χ0v) is 20.8. The second-order valence-electron chi connectivity index (χ2n) is 9.28. The first kappa shape index (κ1) is 24.2. The maximum Gasteiger partial charge on any atom is 0.345 e. The van der Waals surface area contributed by atoms with E-state index in [4.69, 9.17) is 13.6 Å². The Hall–Kier alpha value is -5.18. The molecule has 1 aliphatic heterocycles. The number of fused-ring (bicyclic) bond motifs is 2. The van der Waals surface area contributed by atoms with Gasteiger partial charge in [-0.1, -0.05) is 30.3 Å². The minimum Gasteiger partial charge on any atom is -0.508 e. The van der Waals surface area contributed by atoms with Gasteiger partial charge in [-0.2, -0.15) is 5.10 Å². The molecule has 0 radical (unpaired) electrons. The van der Waals surface area contributed by atoms with Crippen molar-refractivity contribution >= 4 is 33.6 Å². The van der Waals surface area contributed by atoms with Crippen molar-refractivity contribution in [3.05, 3.63) is 116 Å². The van der Waals surface area contributed by atoms with Crippen LogP contribution in [0.2, 0.25) is 0 Å². The van der Waals surface area contributed by atoms with Gasteiger partial charge in [0.25, 0.3) is 5.91 Å². The molecule has 0 fully saturated rings. The zero-order valence-electron chi connectivity index (χ0n) is 20.8. The smallest absolute Gasteiger partial charge is 0.345 e. The number of benzene rings is 3. The van der Waals surface area contributed by atoms with Gasteiger partial charge in [0.15, 0.2) is 6.61 Å². The second kappa shape index (κ2) is 9.60. The van der Waals surface area contributed by atoms with Gasteiger partial charge in [0.1, 0.15) is 22.7 Å². The third-order valence-corrected chi connectivity index (χ3v) is 6.68. The SMILES string of the molecule is Cc1cc(=O)oc2cc(OCC(=O)N3N=C(c4cc5ccccc5oc4=O)CC3c3ccc(O)cc3)ccc12. The highest BCUT2D eigenvalue weighted by Crippen LogP contribution is 2.34. The lowest BCUT2D eigenvalue weighted by molar-refractivity contribution is -0.135. The molecule has 39 heavy (non-hydrogen) atoms. The van der Waals surface area contributed by atoms with Crippen LogP contribution in [0.4, 0.5) is 0 Å². The number of amides is 1. The van der Waals surface area contributed by atoms with Crippen molar-refractivity contribution in [3.63, 3.8) is 0 Å². The third-order valence-electron chi connectivity index (χ3n) is 6.68. The first-order chi connectivity index (χ1) is 18.9. The maximum atomic E-state index is 13.4. The summed E-state index contributed by atoms with van der Waals surface area (Å²) < 4.78 is 16.5. The van der Waals surface area contributed by atoms with Crippen LogP contribution in [0.1, 0.15) is 29.2 Å². The van der Waals surface area contributed by atoms with E-state index in [9.17, 15) is 19.5 Å². The molecule has 0 aliphatic carbocycles. The normalized spacial score (nSPS) is 15.1. The summed E-state index contributed by atoms with van der Waals surface area (Å²) in [6, 6.07) is 21.2. The number of hydrogen-bond acceptors (Lipinski definition) is 8. The lowest BCUT2D eigenvalue weighted by Crippen LogP contribution is -2.31. The van der Waals surface area contributed by atoms with E-state index in [1.54, 1.807) is 48.5 Å². The minimum absolute atomic E-state index is 0.0902. The molecule has 2 aromatic heterocycles. The fourth-order valence-corrected chi connectivity index (χ4v) is 4.73. The van der Waals surface area contributed by atoms with Crippen molar-refractivity contribution in [2.24, 2.45) is 5.10 Å². The first-order valence-corrected chi connectivity index (χ1v) is 12.2. The molecule has 0 spiro atoms. The number of carbonyl (C=O) groups excluding carboxylic acids is 1. The lowest BCUT2D eigenvalue weighted by Gasteiger charge is -2.22. The zero-order chi connectivity index (χ0) is 27.1. The molecule has 6 rings (SSSR count). The monoisotopic (exact) mass is 522 g/mol. The van der Waals surface area contributed by atoms with Gasteiger partial charge in [0.05, 0.1) is 17.3 Å². The lowest BCUT2D eigenvalue weighted by atomic mass is 9.98. The summed E-state index contributed by atoms with van der Waals surface area (Å²) in [5.74, 6) is -0.00383. The standard InChI is InChI=1S/C30H22N2O7/c1-17-12-29(35)38-27-14-21(10-11-22(17)27)37-16-28(34)32-25(18-6-8-20(33)9-7-18)15-24(31-32)23-13-19-4-2-3-5-26(19)39-30(23)36/h2-14,25,33H,15-16H2,1H3. The highest BCUT2D eigenvalue weighted by Gasteiger charge is 2.34. The van der Waals surface area contributed by atoms with Crippen LogP contribution in [0.15, 0.2) is 102 Å². The van der Waals surface area contributed by atoms with E-state index in [0.717, 1.165) is 21.9 Å². The highest BCUT2D eigenvalue weighted by atomic mass is 16.5. The molecule has 1 N–H and O–H groups in total. The maximum absolute atomic E-state index is 13.4. The van der Waals surface area contributed by atoms with E-state index in [2.05, 4.69) is 5.10 Å². The van der Waals surface area contributed by atoms with E-state index in [-0.39, 0.29) is 24.3 Å². The Morgan fingerprint density at radius 3 is 2.62 bits per heavy atom. The van der Waals surface area contributed by atoms with Crippen LogP contribution in [-0.4, -0.2) is 28.3 Å². The number of phenols is 1. The number of aromatic hydroxyl groups is 1. The number of nitrogens with zero attached hydrogens (tertiary/aromatic N) is 2. The van der Waals surface area contributed by atoms with Crippen molar-refractivity contribution < 1.29 is 23.5 Å². The molecule has 1 atom stereocenters. The molecule has 1 aliphatic rings. The number of hydrogen-bond donors (Lipinski definition) is 1. The second-order valence-corrected chi connectivity index (χ2v) is 9.28. The Balaban J connectivity index is 1.31. The molecule has 3 aromatic carbocycles. The Labute approximate surface area is 221 Å². The molecule has 9 heteroatoms. The number of ether oxygens (including phenoxy) is 1. The van der Waals surface area contributed by atoms with E-state index in [1.165, 1.54) is 23.2 Å². The summed E-state index contributed by atoms with van der Waals surface area (Å²) in [6.07, 6.45) is 0.264. The Bertz CT molecular complexity index is 1890. The molecule has 0 saturated carbocycles. The average Bonchev–Trinajstić information content (AvgIpc) is 3.37. The van der Waals surface area contributed by atoms with E-state index in [0.29, 0.717) is 22.6 Å². The largest absolute Gasteiger partial charge is 0.508 e. The van der Waals surface area contributed by atoms with Gasteiger partial charge in [0.2, 0.25) is 0 Å². The van der Waals surface area contributed by atoms with Crippen molar-refractivity contribution in [2.45, 2.75) is 19.4 Å². The van der Waals surface area contributed by atoms with Crippen molar-refractivity contribution in [1.29, 1.82) is 0 Å². The molecule has 3 heterocycles. The van der Waals surface area contributed by atoms with Crippen LogP contribution in [0, 0.1) is 6.92 Å². The summed E-state index contributed by atoms with van der Waals surface area (Å²) in [6.45, 7) is 1.46. The molecule has 1 amide bonds. The van der Waals surface area contributed by atoms with Crippen LogP contribution in [0.3, 0.4) is 0 Å². The van der Waals surface area contributed by atoms with Crippen LogP contribution in [0.25, 0.3) is 21.9 Å². The van der Waals surface area contributed by atoms with E-state index < -0.39 is 23.2 Å². The van der Waals surface area contributed by atoms with Crippen LogP contribution < -0.4 is 16.0 Å². The summed E-state index contributed by atoms with van der Waals surface area (Å²) in [5, 5.41) is 17.1. The molecular formula is C30H22N2O7. The number of rotatable bonds is 5. The molecule has 1 unspecified atom stereocenters. The van der Waals surface area contributed by atoms with Gasteiger partial charge in [-0.15, -0.1) is 0 Å². The minimum atomic E-state index is -0.546. The molecular weight excluding hydrogens is 500 g/mol. The summed E-state index contributed by atoms with van der Waals surface area (Å²) in [7, 11) is 0. The predicted octanol–water partition coefficient (Wildman–Crippen LogP) is 4.67. The fraction of sp³-hybridized carbons (Fsp3) is 0.133. The quantitative estimate of drug-likeness (QED) is 0.333. The Morgan fingerprint density at radius 1 is 1.00 bits per heavy atom. The molecule has 194 valence electrons. The van der Waals surface area contributed by atoms with Crippen LogP contribution >= 0.6 is 0 Å². The van der Waals surface area contributed by atoms with Crippen LogP contribution in [-0.2, 0) is 4.79 Å². The number of para-hydroxylation sites is 1. The number of phenolic OH excluding ortho intramolecular Hbond substituents is 1. The Morgan fingerprint density at radius 2 is 1.79 bits per heavy atom. The van der Waals surface area contributed by atoms with Gasteiger partial charge in [-0.25, -0.2) is 14.6 Å². The van der Waals surface area contributed by atoms with Crippen molar-refractivity contribution in [3.8, 4) is 11.5 Å². The van der Waals surface area contributed by atoms with Gasteiger partial charge < -0.3 is 18.7 Å². The van der Waals surface area contributed by atoms with Crippen molar-refractivity contribution in [1.82, 2.24) is 5.01 Å². The van der Waals surface area contributed by atoms with Gasteiger partial charge in [-0.05, 0) is 54.4 Å². The molecule has 9 nitrogen and oxygen atoms in total. The topological polar surface area (TPSA) is 123 Å². The van der Waals surface area contributed by atoms with E-state index >= 15 is 0 Å². The van der Waals surface area contributed by atoms with Gasteiger partial charge >= 0.3 is 11.3 Å². The van der Waals surface area contributed by atoms with Gasteiger partial charge in [-0.3, -0.25) is 4.79 Å².